The van der Waals surface area contributed by atoms with Crippen LogP contribution in [0.2, 0.25) is 0 Å². The number of carbonyl (C=O) groups is 1. The molecule has 0 aliphatic carbocycles. The summed E-state index contributed by atoms with van der Waals surface area (Å²) in [6.07, 6.45) is 3.26. The van der Waals surface area contributed by atoms with Crippen molar-refractivity contribution < 1.29 is 13.2 Å². The molecule has 25 heavy (non-hydrogen) atoms. The second-order valence-corrected chi connectivity index (χ2v) is 10.4. The van der Waals surface area contributed by atoms with Gasteiger partial charge in [-0.3, -0.25) is 9.00 Å². The van der Waals surface area contributed by atoms with Crippen LogP contribution in [0.3, 0.4) is 0 Å². The predicted molar refractivity (Wildman–Crippen MR) is 108 cm³/mol. The van der Waals surface area contributed by atoms with E-state index in [1.807, 2.05) is 12.1 Å². The van der Waals surface area contributed by atoms with E-state index in [0.717, 1.165) is 18.4 Å². The summed E-state index contributed by atoms with van der Waals surface area (Å²) in [5.41, 5.74) is 2.37. The lowest BCUT2D eigenvalue weighted by atomic mass is 9.87. The third-order valence-electron chi connectivity index (χ3n) is 4.02. The number of amides is 1. The van der Waals surface area contributed by atoms with Gasteiger partial charge in [0.05, 0.1) is 0 Å². The Morgan fingerprint density at radius 3 is 2.16 bits per heavy atom. The minimum atomic E-state index is -1.48. The van der Waals surface area contributed by atoms with Crippen molar-refractivity contribution in [2.24, 2.45) is 0 Å². The second-order valence-electron chi connectivity index (χ2n) is 7.25. The fourth-order valence-corrected chi connectivity index (χ4v) is 3.74. The molecule has 6 heteroatoms. The SMILES string of the molecule is CCS(=O)C(=O)N(CCCCS(C)=O)Cc1ccc(C(C)(C)C)cc1. The Hall–Kier alpha value is -1.01. The number of hydrogen-bond acceptors (Lipinski definition) is 3. The molecular weight excluding hydrogens is 354 g/mol. The zero-order valence-electron chi connectivity index (χ0n) is 16.0. The molecule has 0 bridgehead atoms. The molecule has 0 aliphatic rings. The Balaban J connectivity index is 2.79. The Morgan fingerprint density at radius 2 is 1.68 bits per heavy atom. The van der Waals surface area contributed by atoms with Crippen molar-refractivity contribution in [3.05, 3.63) is 35.4 Å². The third-order valence-corrected chi connectivity index (χ3v) is 6.05. The van der Waals surface area contributed by atoms with Crippen molar-refractivity contribution in [3.8, 4) is 0 Å². The predicted octanol–water partition coefficient (Wildman–Crippen LogP) is 3.83. The van der Waals surface area contributed by atoms with Gasteiger partial charge in [-0.25, -0.2) is 4.21 Å². The largest absolute Gasteiger partial charge is 0.327 e. The molecule has 0 saturated heterocycles. The maximum atomic E-state index is 12.4. The van der Waals surface area contributed by atoms with E-state index in [2.05, 4.69) is 32.9 Å². The first-order chi connectivity index (χ1) is 11.6. The summed E-state index contributed by atoms with van der Waals surface area (Å²) in [5, 5.41) is -0.306. The molecule has 0 aromatic heterocycles. The lowest BCUT2D eigenvalue weighted by Gasteiger charge is -2.23. The maximum absolute atomic E-state index is 12.4. The monoisotopic (exact) mass is 385 g/mol. The molecule has 2 unspecified atom stereocenters. The summed E-state index contributed by atoms with van der Waals surface area (Å²) >= 11 is 0. The zero-order valence-corrected chi connectivity index (χ0v) is 17.7. The first-order valence-electron chi connectivity index (χ1n) is 8.72. The van der Waals surface area contributed by atoms with Crippen molar-refractivity contribution in [1.29, 1.82) is 0 Å². The Bertz CT molecular complexity index is 606. The Morgan fingerprint density at radius 1 is 1.08 bits per heavy atom. The van der Waals surface area contributed by atoms with Gasteiger partial charge in [0.15, 0.2) is 0 Å². The quantitative estimate of drug-likeness (QED) is 0.639. The van der Waals surface area contributed by atoms with Crippen LogP contribution in [0.1, 0.15) is 51.7 Å². The van der Waals surface area contributed by atoms with E-state index in [1.165, 1.54) is 5.56 Å². The van der Waals surface area contributed by atoms with Gasteiger partial charge in [-0.2, -0.15) is 0 Å². The van der Waals surface area contributed by atoms with Crippen molar-refractivity contribution in [1.82, 2.24) is 4.90 Å². The first-order valence-corrected chi connectivity index (χ1v) is 11.8. The molecule has 142 valence electrons. The number of hydrogen-bond donors (Lipinski definition) is 0. The van der Waals surface area contributed by atoms with Crippen molar-refractivity contribution in [2.45, 2.75) is 52.5 Å². The van der Waals surface area contributed by atoms with E-state index < -0.39 is 21.6 Å². The summed E-state index contributed by atoms with van der Waals surface area (Å²) in [5.74, 6) is 0.969. The Kier molecular flexibility index (Phi) is 9.00. The van der Waals surface area contributed by atoms with Crippen molar-refractivity contribution in [2.75, 3.05) is 24.3 Å². The first kappa shape index (κ1) is 22.0. The maximum Gasteiger partial charge on any atom is 0.312 e. The summed E-state index contributed by atoms with van der Waals surface area (Å²) in [7, 11) is -2.30. The molecule has 0 radical (unpaired) electrons. The van der Waals surface area contributed by atoms with Crippen LogP contribution in [-0.2, 0) is 33.6 Å². The average Bonchev–Trinajstić information content (AvgIpc) is 2.55. The molecular formula is C19H31NO3S2. The van der Waals surface area contributed by atoms with Gasteiger partial charge < -0.3 is 4.90 Å². The normalized spacial score (nSPS) is 14.1. The third kappa shape index (κ3) is 7.82. The van der Waals surface area contributed by atoms with Crippen LogP contribution < -0.4 is 0 Å². The summed E-state index contributed by atoms with van der Waals surface area (Å²) in [6, 6.07) is 8.26. The average molecular weight is 386 g/mol. The van der Waals surface area contributed by atoms with Gasteiger partial charge >= 0.3 is 5.24 Å². The minimum Gasteiger partial charge on any atom is -0.327 e. The molecule has 1 rings (SSSR count). The van der Waals surface area contributed by atoms with Crippen LogP contribution >= 0.6 is 0 Å². The summed E-state index contributed by atoms with van der Waals surface area (Å²) in [4.78, 5) is 14.1. The molecule has 0 aliphatic heterocycles. The van der Waals surface area contributed by atoms with E-state index in [0.29, 0.717) is 24.6 Å². The summed E-state index contributed by atoms with van der Waals surface area (Å²) in [6.45, 7) is 9.26. The van der Waals surface area contributed by atoms with E-state index in [-0.39, 0.29) is 10.7 Å². The molecule has 0 saturated carbocycles. The molecule has 0 N–H and O–H groups in total. The van der Waals surface area contributed by atoms with E-state index >= 15 is 0 Å². The minimum absolute atomic E-state index is 0.0908. The second kappa shape index (κ2) is 10.2. The highest BCUT2D eigenvalue weighted by Crippen LogP contribution is 2.22. The molecule has 1 amide bonds. The molecule has 1 aromatic carbocycles. The number of unbranched alkanes of at least 4 members (excludes halogenated alkanes) is 1. The fraction of sp³-hybridized carbons (Fsp3) is 0.632. The van der Waals surface area contributed by atoms with Gasteiger partial charge in [-0.1, -0.05) is 52.0 Å². The highest BCUT2D eigenvalue weighted by Gasteiger charge is 2.19. The molecule has 0 fully saturated rings. The van der Waals surface area contributed by atoms with Crippen LogP contribution in [-0.4, -0.2) is 42.9 Å². The van der Waals surface area contributed by atoms with Crippen LogP contribution in [0.15, 0.2) is 24.3 Å². The van der Waals surface area contributed by atoms with Gasteiger partial charge in [0.25, 0.3) is 0 Å². The smallest absolute Gasteiger partial charge is 0.312 e. The molecule has 0 heterocycles. The molecule has 0 spiro atoms. The van der Waals surface area contributed by atoms with E-state index in [9.17, 15) is 13.2 Å². The summed E-state index contributed by atoms with van der Waals surface area (Å²) < 4.78 is 23.1. The van der Waals surface area contributed by atoms with Crippen molar-refractivity contribution >= 4 is 26.8 Å². The van der Waals surface area contributed by atoms with Gasteiger partial charge in [0.2, 0.25) is 0 Å². The fourth-order valence-electron chi connectivity index (χ4n) is 2.44. The highest BCUT2D eigenvalue weighted by atomic mass is 32.2. The number of benzene rings is 1. The lowest BCUT2D eigenvalue weighted by Crippen LogP contribution is -2.33. The van der Waals surface area contributed by atoms with E-state index in [4.69, 9.17) is 0 Å². The molecule has 1 aromatic rings. The molecule has 4 nitrogen and oxygen atoms in total. The number of nitrogens with zero attached hydrogens (tertiary/aromatic N) is 1. The highest BCUT2D eigenvalue weighted by molar-refractivity contribution is 8.00. The van der Waals surface area contributed by atoms with Gasteiger partial charge in [-0.15, -0.1) is 0 Å². The zero-order chi connectivity index (χ0) is 19.0. The Labute approximate surface area is 157 Å². The van der Waals surface area contributed by atoms with Gasteiger partial charge in [-0.05, 0) is 29.4 Å². The van der Waals surface area contributed by atoms with Gasteiger partial charge in [0, 0.05) is 41.7 Å². The van der Waals surface area contributed by atoms with Crippen LogP contribution in [0.25, 0.3) is 0 Å². The van der Waals surface area contributed by atoms with Crippen LogP contribution in [0, 0.1) is 0 Å². The van der Waals surface area contributed by atoms with Crippen LogP contribution in [0.5, 0.6) is 0 Å². The van der Waals surface area contributed by atoms with Crippen LogP contribution in [0.4, 0.5) is 4.79 Å². The lowest BCUT2D eigenvalue weighted by molar-refractivity contribution is 0.218. The number of carbonyl (C=O) groups excluding carboxylic acids is 1. The topological polar surface area (TPSA) is 54.5 Å². The number of rotatable bonds is 8. The molecule has 2 atom stereocenters. The van der Waals surface area contributed by atoms with Gasteiger partial charge in [0.1, 0.15) is 10.8 Å². The standard InChI is InChI=1S/C19H31NO3S2/c1-6-25(23)18(21)20(13-7-8-14-24(5)22)15-16-9-11-17(12-10-16)19(2,3)4/h9-12H,6-8,13-15H2,1-5H3. The van der Waals surface area contributed by atoms with Crippen molar-refractivity contribution in [3.63, 3.8) is 0 Å². The van der Waals surface area contributed by atoms with E-state index in [1.54, 1.807) is 18.1 Å².